The van der Waals surface area contributed by atoms with Crippen LogP contribution in [0, 0.1) is 22.7 Å². The molecule has 2 heteroatoms. The van der Waals surface area contributed by atoms with Crippen molar-refractivity contribution in [1.29, 1.82) is 5.26 Å². The first-order valence-electron chi connectivity index (χ1n) is 9.33. The summed E-state index contributed by atoms with van der Waals surface area (Å²) in [5, 5.41) is 9.17. The fraction of sp³-hybridized carbons (Fsp3) is 0.850. The predicted molar refractivity (Wildman–Crippen MR) is 95.7 cm³/mol. The lowest BCUT2D eigenvalue weighted by molar-refractivity contribution is 0.155. The van der Waals surface area contributed by atoms with Crippen molar-refractivity contribution in [3.8, 4) is 6.07 Å². The summed E-state index contributed by atoms with van der Waals surface area (Å²) in [6, 6.07) is 2.48. The molecule has 0 aromatic rings. The Labute approximate surface area is 138 Å². The van der Waals surface area contributed by atoms with Gasteiger partial charge in [0.1, 0.15) is 0 Å². The molecule has 0 radical (unpaired) electrons. The van der Waals surface area contributed by atoms with E-state index >= 15 is 0 Å². The molecule has 1 rings (SSSR count). The van der Waals surface area contributed by atoms with E-state index in [9.17, 15) is 0 Å². The topological polar surface area (TPSA) is 27.0 Å². The second-order valence-electron chi connectivity index (χ2n) is 7.47. The molecule has 126 valence electrons. The van der Waals surface area contributed by atoms with Gasteiger partial charge in [-0.3, -0.25) is 0 Å². The van der Waals surface area contributed by atoms with Gasteiger partial charge in [-0.1, -0.05) is 45.3 Å². The third-order valence-electron chi connectivity index (χ3n) is 5.41. The largest absolute Gasteiger partial charge is 0.303 e. The zero-order valence-corrected chi connectivity index (χ0v) is 15.2. The summed E-state index contributed by atoms with van der Waals surface area (Å²) in [4.78, 5) is 2.53. The third-order valence-corrected chi connectivity index (χ3v) is 5.41. The van der Waals surface area contributed by atoms with Crippen molar-refractivity contribution in [3.63, 3.8) is 0 Å². The first-order chi connectivity index (χ1) is 10.5. The number of nitriles is 1. The molecule has 0 aliphatic carbocycles. The van der Waals surface area contributed by atoms with Crippen LogP contribution < -0.4 is 0 Å². The van der Waals surface area contributed by atoms with Crippen LogP contribution in [0.4, 0.5) is 0 Å². The number of hydrogen-bond donors (Lipinski definition) is 0. The van der Waals surface area contributed by atoms with Gasteiger partial charge in [-0.25, -0.2) is 0 Å². The van der Waals surface area contributed by atoms with Crippen LogP contribution in [0.1, 0.15) is 78.6 Å². The van der Waals surface area contributed by atoms with Crippen LogP contribution in [0.15, 0.2) is 12.2 Å². The maximum Gasteiger partial charge on any atom is 0.0687 e. The Bertz CT molecular complexity index is 358. The molecular weight excluding hydrogens is 268 g/mol. The van der Waals surface area contributed by atoms with Crippen molar-refractivity contribution in [3.05, 3.63) is 12.2 Å². The smallest absolute Gasteiger partial charge is 0.0687 e. The van der Waals surface area contributed by atoms with Crippen molar-refractivity contribution < 1.29 is 0 Å². The van der Waals surface area contributed by atoms with E-state index in [0.29, 0.717) is 0 Å². The normalized spacial score (nSPS) is 19.5. The molecule has 22 heavy (non-hydrogen) atoms. The molecule has 0 aromatic heterocycles. The molecule has 1 aliphatic heterocycles. The minimum atomic E-state index is -0.0749. The maximum absolute atomic E-state index is 9.17. The lowest BCUT2D eigenvalue weighted by Gasteiger charge is -2.34. The van der Waals surface area contributed by atoms with Crippen molar-refractivity contribution in [2.24, 2.45) is 11.3 Å². The summed E-state index contributed by atoms with van der Waals surface area (Å²) in [6.45, 7) is 14.3. The SMILES string of the molecule is C=C(CCCN1CCC(C)(C#N)CC1)CCC(CC)CCC. The van der Waals surface area contributed by atoms with Crippen LogP contribution in [-0.2, 0) is 0 Å². The Kier molecular flexibility index (Phi) is 8.79. The van der Waals surface area contributed by atoms with E-state index in [1.165, 1.54) is 57.1 Å². The average Bonchev–Trinajstić information content (AvgIpc) is 2.53. The van der Waals surface area contributed by atoms with Crippen molar-refractivity contribution in [1.82, 2.24) is 4.90 Å². The summed E-state index contributed by atoms with van der Waals surface area (Å²) >= 11 is 0. The predicted octanol–water partition coefficient (Wildman–Crippen LogP) is 5.55. The lowest BCUT2D eigenvalue weighted by Crippen LogP contribution is -2.38. The minimum Gasteiger partial charge on any atom is -0.303 e. The van der Waals surface area contributed by atoms with Crippen molar-refractivity contribution in [2.45, 2.75) is 78.6 Å². The van der Waals surface area contributed by atoms with Gasteiger partial charge >= 0.3 is 0 Å². The van der Waals surface area contributed by atoms with Gasteiger partial charge in [0.15, 0.2) is 0 Å². The van der Waals surface area contributed by atoms with Crippen molar-refractivity contribution >= 4 is 0 Å². The second kappa shape index (κ2) is 10.1. The highest BCUT2D eigenvalue weighted by Crippen LogP contribution is 2.30. The molecule has 0 aromatic carbocycles. The Morgan fingerprint density at radius 3 is 2.45 bits per heavy atom. The quantitative estimate of drug-likeness (QED) is 0.494. The summed E-state index contributed by atoms with van der Waals surface area (Å²) in [6.07, 6.45) is 11.0. The van der Waals surface area contributed by atoms with Crippen LogP contribution in [0.3, 0.4) is 0 Å². The molecule has 1 heterocycles. The molecule has 1 aliphatic rings. The van der Waals surface area contributed by atoms with Crippen molar-refractivity contribution in [2.75, 3.05) is 19.6 Å². The van der Waals surface area contributed by atoms with E-state index in [0.717, 1.165) is 31.8 Å². The lowest BCUT2D eigenvalue weighted by atomic mass is 9.82. The summed E-state index contributed by atoms with van der Waals surface area (Å²) in [7, 11) is 0. The molecule has 0 amide bonds. The first kappa shape index (κ1) is 19.2. The van der Waals surface area contributed by atoms with Gasteiger partial charge in [-0.15, -0.1) is 0 Å². The standard InChI is InChI=1S/C20H36N2/c1-5-8-19(6-2)11-10-18(3)9-7-14-22-15-12-20(4,17-21)13-16-22/h19H,3,5-16H2,1-2,4H3. The van der Waals surface area contributed by atoms with Gasteiger partial charge < -0.3 is 4.90 Å². The van der Waals surface area contributed by atoms with Gasteiger partial charge in [-0.05, 0) is 71.0 Å². The zero-order valence-electron chi connectivity index (χ0n) is 15.2. The number of hydrogen-bond acceptors (Lipinski definition) is 2. The fourth-order valence-corrected chi connectivity index (χ4v) is 3.43. The highest BCUT2D eigenvalue weighted by molar-refractivity contribution is 4.99. The summed E-state index contributed by atoms with van der Waals surface area (Å²) in [5.41, 5.74) is 1.36. The third kappa shape index (κ3) is 6.97. The highest BCUT2D eigenvalue weighted by atomic mass is 15.1. The monoisotopic (exact) mass is 304 g/mol. The maximum atomic E-state index is 9.17. The van der Waals surface area contributed by atoms with E-state index in [1.807, 2.05) is 0 Å². The molecular formula is C20H36N2. The Morgan fingerprint density at radius 2 is 1.91 bits per heavy atom. The van der Waals surface area contributed by atoms with Gasteiger partial charge in [-0.2, -0.15) is 5.26 Å². The summed E-state index contributed by atoms with van der Waals surface area (Å²) in [5.74, 6) is 0.896. The van der Waals surface area contributed by atoms with Crippen LogP contribution >= 0.6 is 0 Å². The van der Waals surface area contributed by atoms with E-state index in [4.69, 9.17) is 5.26 Å². The number of piperidine rings is 1. The van der Waals surface area contributed by atoms with E-state index in [-0.39, 0.29) is 5.41 Å². The van der Waals surface area contributed by atoms with Gasteiger partial charge in [0.2, 0.25) is 0 Å². The number of likely N-dealkylation sites (tertiary alicyclic amines) is 1. The average molecular weight is 305 g/mol. The molecule has 0 saturated carbocycles. The van der Waals surface area contributed by atoms with Crippen LogP contribution in [0.5, 0.6) is 0 Å². The van der Waals surface area contributed by atoms with Crippen LogP contribution in [-0.4, -0.2) is 24.5 Å². The molecule has 0 bridgehead atoms. The van der Waals surface area contributed by atoms with Gasteiger partial charge in [0, 0.05) is 0 Å². The number of nitrogens with zero attached hydrogens (tertiary/aromatic N) is 2. The van der Waals surface area contributed by atoms with E-state index in [1.54, 1.807) is 0 Å². The Hall–Kier alpha value is -0.810. The molecule has 1 atom stereocenters. The molecule has 0 spiro atoms. The van der Waals surface area contributed by atoms with Gasteiger partial charge in [0.25, 0.3) is 0 Å². The Balaban J connectivity index is 2.12. The fourth-order valence-electron chi connectivity index (χ4n) is 3.43. The van der Waals surface area contributed by atoms with Gasteiger partial charge in [0.05, 0.1) is 11.5 Å². The number of allylic oxidation sites excluding steroid dienone is 1. The molecule has 1 fully saturated rings. The molecule has 2 nitrogen and oxygen atoms in total. The molecule has 1 unspecified atom stereocenters. The van der Waals surface area contributed by atoms with Crippen LogP contribution in [0.2, 0.25) is 0 Å². The highest BCUT2D eigenvalue weighted by Gasteiger charge is 2.29. The number of rotatable bonds is 10. The Morgan fingerprint density at radius 1 is 1.23 bits per heavy atom. The minimum absolute atomic E-state index is 0.0749. The van der Waals surface area contributed by atoms with E-state index < -0.39 is 0 Å². The molecule has 1 saturated heterocycles. The summed E-state index contributed by atoms with van der Waals surface area (Å²) < 4.78 is 0. The molecule has 0 N–H and O–H groups in total. The van der Waals surface area contributed by atoms with E-state index in [2.05, 4.69) is 38.3 Å². The first-order valence-corrected chi connectivity index (χ1v) is 9.33. The second-order valence-corrected chi connectivity index (χ2v) is 7.47. The zero-order chi connectivity index (χ0) is 16.4. The van der Waals surface area contributed by atoms with Crippen LogP contribution in [0.25, 0.3) is 0 Å².